The smallest absolute Gasteiger partial charge is 0.298 e. The number of azo groups is 1. The van der Waals surface area contributed by atoms with Crippen molar-refractivity contribution in [1.82, 2.24) is 0 Å². The van der Waals surface area contributed by atoms with Gasteiger partial charge in [0.2, 0.25) is 6.04 Å². The number of Topliss-reactive ketones (excluding diaryl/α,β-unsaturated/α-hetero) is 1. The Morgan fingerprint density at radius 3 is 2.48 bits per heavy atom. The molecule has 0 heterocycles. The third kappa shape index (κ3) is 4.92. The number of nitrogens with one attached hydrogen (secondary N) is 1. The Balaban J connectivity index is 2.25. The van der Waals surface area contributed by atoms with Crippen molar-refractivity contribution in [2.24, 2.45) is 10.2 Å². The largest absolute Gasteiger partial charge is 0.324 e. The molecule has 2 aromatic rings. The van der Waals surface area contributed by atoms with Gasteiger partial charge in [-0.1, -0.05) is 29.8 Å². The molecule has 1 unspecified atom stereocenters. The standard InChI is InChI=1S/C16H13ClN4O4/c1-10(22)15(16(23)18-12-5-3-2-4-6-12)20-19-13-8-7-11(17)9-14(13)21(24)25/h2-9,15H,1H3,(H,18,23)/b20-19+. The Morgan fingerprint density at radius 1 is 1.20 bits per heavy atom. The van der Waals surface area contributed by atoms with E-state index in [2.05, 4.69) is 15.5 Å². The monoisotopic (exact) mass is 360 g/mol. The number of nitro benzene ring substituents is 1. The molecule has 0 aromatic heterocycles. The second kappa shape index (κ2) is 8.11. The molecule has 2 rings (SSSR count). The van der Waals surface area contributed by atoms with Gasteiger partial charge in [0.05, 0.1) is 4.92 Å². The molecule has 25 heavy (non-hydrogen) atoms. The van der Waals surface area contributed by atoms with Gasteiger partial charge in [-0.25, -0.2) is 0 Å². The molecular weight excluding hydrogens is 348 g/mol. The first-order valence-corrected chi connectivity index (χ1v) is 7.47. The average molecular weight is 361 g/mol. The van der Waals surface area contributed by atoms with Gasteiger partial charge in [-0.05, 0) is 31.2 Å². The van der Waals surface area contributed by atoms with E-state index < -0.39 is 22.7 Å². The summed E-state index contributed by atoms with van der Waals surface area (Å²) in [7, 11) is 0. The van der Waals surface area contributed by atoms with Crippen molar-refractivity contribution in [3.63, 3.8) is 0 Å². The van der Waals surface area contributed by atoms with Gasteiger partial charge < -0.3 is 5.32 Å². The number of hydrogen-bond donors (Lipinski definition) is 1. The number of halogens is 1. The van der Waals surface area contributed by atoms with Crippen LogP contribution in [0.4, 0.5) is 17.1 Å². The van der Waals surface area contributed by atoms with Crippen LogP contribution in [0.1, 0.15) is 6.92 Å². The van der Waals surface area contributed by atoms with Crippen LogP contribution in [0.5, 0.6) is 0 Å². The minimum Gasteiger partial charge on any atom is -0.324 e. The van der Waals surface area contributed by atoms with E-state index >= 15 is 0 Å². The van der Waals surface area contributed by atoms with Gasteiger partial charge in [-0.2, -0.15) is 5.11 Å². The second-order valence-electron chi connectivity index (χ2n) is 4.97. The van der Waals surface area contributed by atoms with Crippen LogP contribution in [0.2, 0.25) is 5.02 Å². The number of benzene rings is 2. The van der Waals surface area contributed by atoms with Crippen LogP contribution >= 0.6 is 11.6 Å². The summed E-state index contributed by atoms with van der Waals surface area (Å²) in [6.45, 7) is 1.19. The normalized spacial score (nSPS) is 11.9. The Kier molecular flexibility index (Phi) is 5.91. The first-order chi connectivity index (χ1) is 11.9. The molecular formula is C16H13ClN4O4. The molecule has 2 aromatic carbocycles. The van der Waals surface area contributed by atoms with Crippen LogP contribution in [0.3, 0.4) is 0 Å². The molecule has 9 heteroatoms. The Hall–Kier alpha value is -3.13. The first-order valence-electron chi connectivity index (χ1n) is 7.09. The minimum atomic E-state index is -1.42. The number of nitrogens with zero attached hydrogens (tertiary/aromatic N) is 3. The number of nitro groups is 1. The molecule has 1 N–H and O–H groups in total. The molecule has 0 saturated heterocycles. The lowest BCUT2D eigenvalue weighted by molar-refractivity contribution is -0.384. The molecule has 0 spiro atoms. The highest BCUT2D eigenvalue weighted by Crippen LogP contribution is 2.30. The van der Waals surface area contributed by atoms with E-state index in [1.165, 1.54) is 19.1 Å². The summed E-state index contributed by atoms with van der Waals surface area (Å²) in [6.07, 6.45) is 0. The van der Waals surface area contributed by atoms with Crippen molar-refractivity contribution in [2.75, 3.05) is 5.32 Å². The van der Waals surface area contributed by atoms with Gasteiger partial charge in [-0.15, -0.1) is 5.11 Å². The van der Waals surface area contributed by atoms with E-state index in [1.54, 1.807) is 30.3 Å². The topological polar surface area (TPSA) is 114 Å². The Bertz CT molecular complexity index is 839. The molecule has 8 nitrogen and oxygen atoms in total. The fourth-order valence-electron chi connectivity index (χ4n) is 1.90. The lowest BCUT2D eigenvalue weighted by Crippen LogP contribution is -2.31. The number of anilines is 1. The predicted octanol–water partition coefficient (Wildman–Crippen LogP) is 3.93. The molecule has 0 aliphatic rings. The molecule has 128 valence electrons. The maximum Gasteiger partial charge on any atom is 0.298 e. The number of ketones is 1. The molecule has 0 saturated carbocycles. The van der Waals surface area contributed by atoms with Gasteiger partial charge in [0.25, 0.3) is 11.6 Å². The third-order valence-corrected chi connectivity index (χ3v) is 3.32. The van der Waals surface area contributed by atoms with Crippen molar-refractivity contribution < 1.29 is 14.5 Å². The Labute approximate surface area is 147 Å². The van der Waals surface area contributed by atoms with Crippen LogP contribution in [0, 0.1) is 10.1 Å². The van der Waals surface area contributed by atoms with Gasteiger partial charge in [0, 0.05) is 16.8 Å². The van der Waals surface area contributed by atoms with E-state index in [0.717, 1.165) is 6.07 Å². The van der Waals surface area contributed by atoms with Crippen molar-refractivity contribution in [2.45, 2.75) is 13.0 Å². The maximum absolute atomic E-state index is 12.2. The molecule has 0 radical (unpaired) electrons. The Morgan fingerprint density at radius 2 is 1.88 bits per heavy atom. The molecule has 1 atom stereocenters. The highest BCUT2D eigenvalue weighted by molar-refractivity contribution is 6.30. The van der Waals surface area contributed by atoms with Crippen LogP contribution in [-0.4, -0.2) is 22.7 Å². The summed E-state index contributed by atoms with van der Waals surface area (Å²) >= 11 is 5.72. The van der Waals surface area contributed by atoms with Gasteiger partial charge >= 0.3 is 0 Å². The van der Waals surface area contributed by atoms with E-state index in [9.17, 15) is 19.7 Å². The first kappa shape index (κ1) is 18.2. The van der Waals surface area contributed by atoms with Gasteiger partial charge in [0.15, 0.2) is 11.5 Å². The number of carbonyl (C=O) groups excluding carboxylic acids is 2. The number of amides is 1. The van der Waals surface area contributed by atoms with Crippen LogP contribution in [0.25, 0.3) is 0 Å². The summed E-state index contributed by atoms with van der Waals surface area (Å²) in [6, 6.07) is 10.9. The molecule has 0 aliphatic carbocycles. The lowest BCUT2D eigenvalue weighted by atomic mass is 10.2. The number of para-hydroxylation sites is 1. The maximum atomic E-state index is 12.2. The van der Waals surface area contributed by atoms with E-state index in [-0.39, 0.29) is 16.4 Å². The van der Waals surface area contributed by atoms with Gasteiger partial charge in [-0.3, -0.25) is 19.7 Å². The zero-order valence-corrected chi connectivity index (χ0v) is 13.8. The van der Waals surface area contributed by atoms with Crippen LogP contribution in [-0.2, 0) is 9.59 Å². The fraction of sp³-hybridized carbons (Fsp3) is 0.125. The van der Waals surface area contributed by atoms with Crippen molar-refractivity contribution >= 4 is 40.4 Å². The number of rotatable bonds is 6. The highest BCUT2D eigenvalue weighted by atomic mass is 35.5. The second-order valence-corrected chi connectivity index (χ2v) is 5.41. The lowest BCUT2D eigenvalue weighted by Gasteiger charge is -2.09. The summed E-state index contributed by atoms with van der Waals surface area (Å²) < 4.78 is 0. The molecule has 0 fully saturated rings. The minimum absolute atomic E-state index is 0.104. The number of hydrogen-bond acceptors (Lipinski definition) is 6. The SMILES string of the molecule is CC(=O)C(/N=N/c1ccc(Cl)cc1[N+](=O)[O-])C(=O)Nc1ccccc1. The van der Waals surface area contributed by atoms with Crippen molar-refractivity contribution in [3.05, 3.63) is 63.7 Å². The summed E-state index contributed by atoms with van der Waals surface area (Å²) in [5, 5.41) is 21.1. The highest BCUT2D eigenvalue weighted by Gasteiger charge is 2.24. The zero-order valence-electron chi connectivity index (χ0n) is 13.0. The van der Waals surface area contributed by atoms with E-state index in [0.29, 0.717) is 5.69 Å². The zero-order chi connectivity index (χ0) is 18.4. The van der Waals surface area contributed by atoms with E-state index in [4.69, 9.17) is 11.6 Å². The van der Waals surface area contributed by atoms with Crippen molar-refractivity contribution in [1.29, 1.82) is 0 Å². The van der Waals surface area contributed by atoms with Gasteiger partial charge in [0.1, 0.15) is 0 Å². The predicted molar refractivity (Wildman–Crippen MR) is 92.2 cm³/mol. The summed E-state index contributed by atoms with van der Waals surface area (Å²) in [4.78, 5) is 34.3. The molecule has 0 aliphatic heterocycles. The molecule has 1 amide bonds. The fourth-order valence-corrected chi connectivity index (χ4v) is 2.06. The van der Waals surface area contributed by atoms with Crippen molar-refractivity contribution in [3.8, 4) is 0 Å². The average Bonchev–Trinajstić information content (AvgIpc) is 2.56. The summed E-state index contributed by atoms with van der Waals surface area (Å²) in [5.74, 6) is -1.23. The quantitative estimate of drug-likeness (QED) is 0.363. The third-order valence-electron chi connectivity index (χ3n) is 3.09. The van der Waals surface area contributed by atoms with Crippen LogP contribution in [0.15, 0.2) is 58.8 Å². The van der Waals surface area contributed by atoms with Crippen LogP contribution < -0.4 is 5.32 Å². The summed E-state index contributed by atoms with van der Waals surface area (Å²) in [5.41, 5.74) is 0.0154. The number of carbonyl (C=O) groups is 2. The molecule has 0 bridgehead atoms. The van der Waals surface area contributed by atoms with E-state index in [1.807, 2.05) is 0 Å².